The molecule has 0 heterocycles. The average molecular weight is 226 g/mol. The summed E-state index contributed by atoms with van der Waals surface area (Å²) in [5, 5.41) is 0. The summed E-state index contributed by atoms with van der Waals surface area (Å²) in [6, 6.07) is 0. The van der Waals surface area contributed by atoms with E-state index in [-0.39, 0.29) is 0 Å². The van der Waals surface area contributed by atoms with E-state index in [2.05, 4.69) is 27.7 Å². The van der Waals surface area contributed by atoms with E-state index in [9.17, 15) is 0 Å². The molecule has 16 heavy (non-hydrogen) atoms. The van der Waals surface area contributed by atoms with Gasteiger partial charge in [-0.25, -0.2) is 0 Å². The molecular weight excluding hydrogens is 192 g/mol. The molecule has 0 amide bonds. The normalized spacial score (nSPS) is 15.0. The predicted octanol–water partition coefficient (Wildman–Crippen LogP) is 6.20. The second-order valence-electron chi connectivity index (χ2n) is 5.41. The van der Waals surface area contributed by atoms with Crippen molar-refractivity contribution in [3.63, 3.8) is 0 Å². The SMILES string of the molecule is CCCCC(CC)CCC(CC)CCCC. The Bertz CT molecular complexity index is 112. The Kier molecular flexibility index (Phi) is 11.5. The Morgan fingerprint density at radius 2 is 0.938 bits per heavy atom. The van der Waals surface area contributed by atoms with Gasteiger partial charge in [0.25, 0.3) is 0 Å². The lowest BCUT2D eigenvalue weighted by Gasteiger charge is -2.19. The summed E-state index contributed by atoms with van der Waals surface area (Å²) in [4.78, 5) is 0. The van der Waals surface area contributed by atoms with Gasteiger partial charge in [0.2, 0.25) is 0 Å². The first-order valence-corrected chi connectivity index (χ1v) is 7.78. The van der Waals surface area contributed by atoms with Crippen LogP contribution in [-0.4, -0.2) is 0 Å². The number of hydrogen-bond donors (Lipinski definition) is 0. The molecule has 0 fully saturated rings. The van der Waals surface area contributed by atoms with Gasteiger partial charge in [0.05, 0.1) is 0 Å². The van der Waals surface area contributed by atoms with E-state index in [1.165, 1.54) is 64.2 Å². The Labute approximate surface area is 104 Å². The maximum absolute atomic E-state index is 2.37. The monoisotopic (exact) mass is 226 g/mol. The maximum Gasteiger partial charge on any atom is -0.0417 e. The minimum absolute atomic E-state index is 1.01. The molecular formula is C16H34. The highest BCUT2D eigenvalue weighted by Gasteiger charge is 2.10. The highest BCUT2D eigenvalue weighted by atomic mass is 14.2. The fraction of sp³-hybridized carbons (Fsp3) is 1.00. The first-order chi connectivity index (χ1) is 7.78. The van der Waals surface area contributed by atoms with Crippen molar-refractivity contribution in [2.45, 2.75) is 91.9 Å². The van der Waals surface area contributed by atoms with Crippen LogP contribution in [0.2, 0.25) is 0 Å². The molecule has 0 nitrogen and oxygen atoms in total. The van der Waals surface area contributed by atoms with Gasteiger partial charge in [0.1, 0.15) is 0 Å². The van der Waals surface area contributed by atoms with Crippen LogP contribution in [0.25, 0.3) is 0 Å². The summed E-state index contributed by atoms with van der Waals surface area (Å²) >= 11 is 0. The molecule has 0 aromatic carbocycles. The molecule has 0 saturated carbocycles. The molecule has 2 atom stereocenters. The van der Waals surface area contributed by atoms with Crippen LogP contribution in [0.15, 0.2) is 0 Å². The molecule has 0 saturated heterocycles. The largest absolute Gasteiger partial charge is 0.0654 e. The van der Waals surface area contributed by atoms with E-state index in [1.54, 1.807) is 0 Å². The van der Waals surface area contributed by atoms with E-state index in [0.29, 0.717) is 0 Å². The molecule has 2 unspecified atom stereocenters. The van der Waals surface area contributed by atoms with Gasteiger partial charge in [-0.2, -0.15) is 0 Å². The quantitative estimate of drug-likeness (QED) is 0.393. The van der Waals surface area contributed by atoms with Crippen LogP contribution in [-0.2, 0) is 0 Å². The van der Waals surface area contributed by atoms with Gasteiger partial charge in [0, 0.05) is 0 Å². The van der Waals surface area contributed by atoms with Crippen LogP contribution < -0.4 is 0 Å². The fourth-order valence-corrected chi connectivity index (χ4v) is 2.56. The van der Waals surface area contributed by atoms with Gasteiger partial charge in [-0.3, -0.25) is 0 Å². The van der Waals surface area contributed by atoms with Gasteiger partial charge in [-0.05, 0) is 11.8 Å². The zero-order valence-electron chi connectivity index (χ0n) is 12.2. The summed E-state index contributed by atoms with van der Waals surface area (Å²) in [7, 11) is 0. The third-order valence-electron chi connectivity index (χ3n) is 4.07. The van der Waals surface area contributed by atoms with Gasteiger partial charge in [-0.1, -0.05) is 91.9 Å². The maximum atomic E-state index is 2.37. The van der Waals surface area contributed by atoms with Gasteiger partial charge in [-0.15, -0.1) is 0 Å². The number of unbranched alkanes of at least 4 members (excludes halogenated alkanes) is 2. The molecule has 0 aliphatic heterocycles. The van der Waals surface area contributed by atoms with Crippen molar-refractivity contribution < 1.29 is 0 Å². The highest BCUT2D eigenvalue weighted by Crippen LogP contribution is 2.25. The van der Waals surface area contributed by atoms with E-state index in [1.807, 2.05) is 0 Å². The van der Waals surface area contributed by atoms with Gasteiger partial charge >= 0.3 is 0 Å². The van der Waals surface area contributed by atoms with Crippen molar-refractivity contribution in [2.24, 2.45) is 11.8 Å². The number of rotatable bonds is 11. The van der Waals surface area contributed by atoms with Crippen molar-refractivity contribution in [1.29, 1.82) is 0 Å². The van der Waals surface area contributed by atoms with Crippen LogP contribution in [0.1, 0.15) is 91.9 Å². The van der Waals surface area contributed by atoms with Crippen LogP contribution >= 0.6 is 0 Å². The molecule has 0 aromatic rings. The van der Waals surface area contributed by atoms with Crippen LogP contribution in [0.4, 0.5) is 0 Å². The molecule has 0 aliphatic rings. The first kappa shape index (κ1) is 16.0. The average Bonchev–Trinajstić information content (AvgIpc) is 2.33. The lowest BCUT2D eigenvalue weighted by Crippen LogP contribution is -2.05. The van der Waals surface area contributed by atoms with Crippen molar-refractivity contribution >= 4 is 0 Å². The molecule has 0 aromatic heterocycles. The number of hydrogen-bond acceptors (Lipinski definition) is 0. The van der Waals surface area contributed by atoms with E-state index >= 15 is 0 Å². The molecule has 0 aliphatic carbocycles. The molecule has 0 spiro atoms. The lowest BCUT2D eigenvalue weighted by atomic mass is 9.87. The van der Waals surface area contributed by atoms with Crippen LogP contribution in [0.3, 0.4) is 0 Å². The van der Waals surface area contributed by atoms with Crippen molar-refractivity contribution in [1.82, 2.24) is 0 Å². The highest BCUT2D eigenvalue weighted by molar-refractivity contribution is 4.63. The molecule has 0 N–H and O–H groups in total. The molecule has 0 heteroatoms. The van der Waals surface area contributed by atoms with Crippen LogP contribution in [0, 0.1) is 11.8 Å². The Hall–Kier alpha value is 0. The smallest absolute Gasteiger partial charge is 0.0417 e. The van der Waals surface area contributed by atoms with Crippen molar-refractivity contribution in [3.8, 4) is 0 Å². The second kappa shape index (κ2) is 11.5. The Morgan fingerprint density at radius 3 is 1.19 bits per heavy atom. The topological polar surface area (TPSA) is 0 Å². The van der Waals surface area contributed by atoms with Gasteiger partial charge in [0.15, 0.2) is 0 Å². The summed E-state index contributed by atoms with van der Waals surface area (Å²) in [6.45, 7) is 9.35. The molecule has 0 radical (unpaired) electrons. The second-order valence-corrected chi connectivity index (χ2v) is 5.41. The lowest BCUT2D eigenvalue weighted by molar-refractivity contribution is 0.338. The summed E-state index contributed by atoms with van der Waals surface area (Å²) in [5.41, 5.74) is 0. The predicted molar refractivity (Wildman–Crippen MR) is 75.8 cm³/mol. The Morgan fingerprint density at radius 1 is 0.562 bits per heavy atom. The first-order valence-electron chi connectivity index (χ1n) is 7.78. The third kappa shape index (κ3) is 8.19. The third-order valence-corrected chi connectivity index (χ3v) is 4.07. The zero-order valence-corrected chi connectivity index (χ0v) is 12.2. The minimum Gasteiger partial charge on any atom is -0.0654 e. The molecule has 98 valence electrons. The molecule has 0 rings (SSSR count). The summed E-state index contributed by atoms with van der Waals surface area (Å²) in [5.74, 6) is 2.02. The van der Waals surface area contributed by atoms with Crippen LogP contribution in [0.5, 0.6) is 0 Å². The van der Waals surface area contributed by atoms with Gasteiger partial charge < -0.3 is 0 Å². The molecule has 0 bridgehead atoms. The Balaban J connectivity index is 3.69. The minimum atomic E-state index is 1.01. The standard InChI is InChI=1S/C16H34/c1-5-9-11-15(7-3)13-14-16(8-4)12-10-6-2/h15-16H,5-14H2,1-4H3. The van der Waals surface area contributed by atoms with Crippen molar-refractivity contribution in [2.75, 3.05) is 0 Å². The summed E-state index contributed by atoms with van der Waals surface area (Å²) in [6.07, 6.45) is 14.3. The fourth-order valence-electron chi connectivity index (χ4n) is 2.56. The van der Waals surface area contributed by atoms with E-state index in [4.69, 9.17) is 0 Å². The summed E-state index contributed by atoms with van der Waals surface area (Å²) < 4.78 is 0. The van der Waals surface area contributed by atoms with E-state index in [0.717, 1.165) is 11.8 Å². The zero-order chi connectivity index (χ0) is 12.2. The van der Waals surface area contributed by atoms with E-state index < -0.39 is 0 Å². The van der Waals surface area contributed by atoms with Crippen molar-refractivity contribution in [3.05, 3.63) is 0 Å².